The standard InChI is InChI=1S/C14H19NO6/c1-3-20-12-6-10(7-15-9(2)14(18)19)4-5-11(12)21-8-13(16)17/h4-6,9,15H,3,7-8H2,1-2H3,(H,16,17)(H,18,19)/t9-/m0/s1. The van der Waals surface area contributed by atoms with Gasteiger partial charge in [0.2, 0.25) is 0 Å². The average molecular weight is 297 g/mol. The number of carboxylic acid groups (broad SMARTS) is 2. The van der Waals surface area contributed by atoms with Gasteiger partial charge in [0.1, 0.15) is 6.04 Å². The van der Waals surface area contributed by atoms with Gasteiger partial charge in [0.05, 0.1) is 6.61 Å². The topological polar surface area (TPSA) is 105 Å². The van der Waals surface area contributed by atoms with Gasteiger partial charge in [0, 0.05) is 6.54 Å². The van der Waals surface area contributed by atoms with Crippen molar-refractivity contribution in [1.29, 1.82) is 0 Å². The number of rotatable bonds is 9. The van der Waals surface area contributed by atoms with Crippen LogP contribution in [0.1, 0.15) is 19.4 Å². The van der Waals surface area contributed by atoms with Crippen LogP contribution in [0.4, 0.5) is 0 Å². The third kappa shape index (κ3) is 5.70. The van der Waals surface area contributed by atoms with Crippen molar-refractivity contribution in [3.8, 4) is 11.5 Å². The molecule has 0 spiro atoms. The molecule has 1 atom stereocenters. The molecule has 0 bridgehead atoms. The van der Waals surface area contributed by atoms with Crippen LogP contribution in [-0.4, -0.2) is 41.4 Å². The molecule has 1 aromatic carbocycles. The van der Waals surface area contributed by atoms with Crippen LogP contribution in [0.5, 0.6) is 11.5 Å². The van der Waals surface area contributed by atoms with Crippen LogP contribution in [0.3, 0.4) is 0 Å². The van der Waals surface area contributed by atoms with E-state index < -0.39 is 24.6 Å². The van der Waals surface area contributed by atoms with Gasteiger partial charge >= 0.3 is 11.9 Å². The Morgan fingerprint density at radius 1 is 1.24 bits per heavy atom. The van der Waals surface area contributed by atoms with Gasteiger partial charge < -0.3 is 25.0 Å². The summed E-state index contributed by atoms with van der Waals surface area (Å²) >= 11 is 0. The molecule has 0 aliphatic rings. The van der Waals surface area contributed by atoms with E-state index in [1.54, 1.807) is 32.0 Å². The van der Waals surface area contributed by atoms with Gasteiger partial charge in [0.15, 0.2) is 18.1 Å². The summed E-state index contributed by atoms with van der Waals surface area (Å²) in [4.78, 5) is 21.2. The number of hydrogen-bond donors (Lipinski definition) is 3. The Labute approximate surface area is 122 Å². The van der Waals surface area contributed by atoms with Crippen LogP contribution >= 0.6 is 0 Å². The van der Waals surface area contributed by atoms with Crippen LogP contribution < -0.4 is 14.8 Å². The third-order valence-electron chi connectivity index (χ3n) is 2.64. The predicted molar refractivity (Wildman–Crippen MR) is 74.7 cm³/mol. The Morgan fingerprint density at radius 3 is 2.52 bits per heavy atom. The maximum atomic E-state index is 10.7. The van der Waals surface area contributed by atoms with E-state index in [1.807, 2.05) is 0 Å². The molecule has 1 rings (SSSR count). The second kappa shape index (κ2) is 8.11. The zero-order valence-corrected chi connectivity index (χ0v) is 12.0. The van der Waals surface area contributed by atoms with Gasteiger partial charge in [-0.15, -0.1) is 0 Å². The monoisotopic (exact) mass is 297 g/mol. The molecule has 116 valence electrons. The summed E-state index contributed by atoms with van der Waals surface area (Å²) in [5.74, 6) is -1.23. The highest BCUT2D eigenvalue weighted by atomic mass is 16.5. The van der Waals surface area contributed by atoms with E-state index in [4.69, 9.17) is 19.7 Å². The fourth-order valence-electron chi connectivity index (χ4n) is 1.55. The fraction of sp³-hybridized carbons (Fsp3) is 0.429. The van der Waals surface area contributed by atoms with Gasteiger partial charge in [-0.2, -0.15) is 0 Å². The van der Waals surface area contributed by atoms with Crippen LogP contribution in [0.25, 0.3) is 0 Å². The summed E-state index contributed by atoms with van der Waals surface area (Å²) in [6, 6.07) is 4.36. The molecular formula is C14H19NO6. The minimum Gasteiger partial charge on any atom is -0.490 e. The smallest absolute Gasteiger partial charge is 0.341 e. The van der Waals surface area contributed by atoms with E-state index in [2.05, 4.69) is 5.32 Å². The molecule has 0 aromatic heterocycles. The molecule has 1 aromatic rings. The van der Waals surface area contributed by atoms with E-state index in [0.29, 0.717) is 24.7 Å². The molecule has 7 heteroatoms. The Balaban J connectivity index is 2.77. The number of carboxylic acids is 2. The molecule has 21 heavy (non-hydrogen) atoms. The van der Waals surface area contributed by atoms with Crippen molar-refractivity contribution in [2.45, 2.75) is 26.4 Å². The lowest BCUT2D eigenvalue weighted by Gasteiger charge is -2.14. The maximum absolute atomic E-state index is 10.7. The van der Waals surface area contributed by atoms with Crippen molar-refractivity contribution < 1.29 is 29.3 Å². The fourth-order valence-corrected chi connectivity index (χ4v) is 1.55. The Bertz CT molecular complexity index is 502. The molecule has 0 fully saturated rings. The second-order valence-corrected chi connectivity index (χ2v) is 4.34. The lowest BCUT2D eigenvalue weighted by molar-refractivity contribution is -0.140. The molecule has 0 amide bonds. The Hall–Kier alpha value is -2.28. The predicted octanol–water partition coefficient (Wildman–Crippen LogP) is 1.11. The SMILES string of the molecule is CCOc1cc(CN[C@@H](C)C(=O)O)ccc1OCC(=O)O. The second-order valence-electron chi connectivity index (χ2n) is 4.34. The largest absolute Gasteiger partial charge is 0.490 e. The first kappa shape index (κ1) is 16.8. The van der Waals surface area contributed by atoms with Gasteiger partial charge in [-0.1, -0.05) is 6.07 Å². The number of benzene rings is 1. The number of nitrogens with one attached hydrogen (secondary N) is 1. The highest BCUT2D eigenvalue weighted by molar-refractivity contribution is 5.72. The average Bonchev–Trinajstić information content (AvgIpc) is 2.43. The first-order valence-corrected chi connectivity index (χ1v) is 6.50. The minimum absolute atomic E-state index is 0.342. The maximum Gasteiger partial charge on any atom is 0.341 e. The molecule has 0 aliphatic carbocycles. The van der Waals surface area contributed by atoms with Crippen molar-refractivity contribution in [2.75, 3.05) is 13.2 Å². The zero-order valence-electron chi connectivity index (χ0n) is 12.0. The van der Waals surface area contributed by atoms with Crippen molar-refractivity contribution in [3.05, 3.63) is 23.8 Å². The Morgan fingerprint density at radius 2 is 1.95 bits per heavy atom. The van der Waals surface area contributed by atoms with Gasteiger partial charge in [-0.25, -0.2) is 4.79 Å². The first-order chi connectivity index (χ1) is 9.93. The van der Waals surface area contributed by atoms with Crippen molar-refractivity contribution in [1.82, 2.24) is 5.32 Å². The molecule has 7 nitrogen and oxygen atoms in total. The normalized spacial score (nSPS) is 11.7. The van der Waals surface area contributed by atoms with Crippen molar-refractivity contribution in [3.63, 3.8) is 0 Å². The van der Waals surface area contributed by atoms with Gasteiger partial charge in [-0.3, -0.25) is 4.79 Å². The summed E-state index contributed by atoms with van der Waals surface area (Å²) < 4.78 is 10.5. The molecule has 3 N–H and O–H groups in total. The van der Waals surface area contributed by atoms with E-state index in [-0.39, 0.29) is 0 Å². The summed E-state index contributed by atoms with van der Waals surface area (Å²) in [7, 11) is 0. The summed E-state index contributed by atoms with van der Waals surface area (Å²) in [5, 5.41) is 20.3. The molecule has 0 unspecified atom stereocenters. The number of ether oxygens (including phenoxy) is 2. The molecular weight excluding hydrogens is 278 g/mol. The molecule has 0 saturated carbocycles. The van der Waals surface area contributed by atoms with Gasteiger partial charge in [0.25, 0.3) is 0 Å². The van der Waals surface area contributed by atoms with E-state index in [0.717, 1.165) is 5.56 Å². The van der Waals surface area contributed by atoms with E-state index in [9.17, 15) is 9.59 Å². The van der Waals surface area contributed by atoms with E-state index in [1.165, 1.54) is 0 Å². The molecule has 0 aliphatic heterocycles. The molecule has 0 saturated heterocycles. The lowest BCUT2D eigenvalue weighted by Crippen LogP contribution is -2.33. The van der Waals surface area contributed by atoms with Crippen LogP contribution in [0.15, 0.2) is 18.2 Å². The first-order valence-electron chi connectivity index (χ1n) is 6.50. The number of aliphatic carboxylic acids is 2. The summed E-state index contributed by atoms with van der Waals surface area (Å²) in [5.41, 5.74) is 0.814. The third-order valence-corrected chi connectivity index (χ3v) is 2.64. The summed E-state index contributed by atoms with van der Waals surface area (Å²) in [6.07, 6.45) is 0. The minimum atomic E-state index is -1.07. The van der Waals surface area contributed by atoms with E-state index >= 15 is 0 Å². The quantitative estimate of drug-likeness (QED) is 0.627. The van der Waals surface area contributed by atoms with Crippen molar-refractivity contribution >= 4 is 11.9 Å². The van der Waals surface area contributed by atoms with Crippen LogP contribution in [0.2, 0.25) is 0 Å². The lowest BCUT2D eigenvalue weighted by atomic mass is 10.2. The molecule has 0 heterocycles. The van der Waals surface area contributed by atoms with Gasteiger partial charge in [-0.05, 0) is 31.5 Å². The van der Waals surface area contributed by atoms with Crippen LogP contribution in [0, 0.1) is 0 Å². The Kier molecular flexibility index (Phi) is 6.48. The van der Waals surface area contributed by atoms with Crippen LogP contribution in [-0.2, 0) is 16.1 Å². The highest BCUT2D eigenvalue weighted by Gasteiger charge is 2.12. The number of hydrogen-bond acceptors (Lipinski definition) is 5. The van der Waals surface area contributed by atoms with Crippen molar-refractivity contribution in [2.24, 2.45) is 0 Å². The zero-order chi connectivity index (χ0) is 15.8. The summed E-state index contributed by atoms with van der Waals surface area (Å²) in [6.45, 7) is 3.67. The number of carbonyl (C=O) groups is 2. The highest BCUT2D eigenvalue weighted by Crippen LogP contribution is 2.28. The molecule has 0 radical (unpaired) electrons.